The van der Waals surface area contributed by atoms with Gasteiger partial charge < -0.3 is 10.4 Å². The van der Waals surface area contributed by atoms with Gasteiger partial charge in [-0.25, -0.2) is 0 Å². The molecule has 0 aromatic rings. The minimum Gasteiger partial charge on any atom is -0.481 e. The van der Waals surface area contributed by atoms with E-state index in [0.29, 0.717) is 13.0 Å². The van der Waals surface area contributed by atoms with Crippen LogP contribution in [-0.2, 0) is 9.59 Å². The van der Waals surface area contributed by atoms with Gasteiger partial charge in [0.1, 0.15) is 0 Å². The average molecular weight is 171 g/mol. The fourth-order valence-electron chi connectivity index (χ4n) is 0.623. The molecule has 0 radical (unpaired) electrons. The molecule has 0 saturated carbocycles. The molecule has 0 aliphatic carbocycles. The Hall–Kier alpha value is -1.32. The number of hydrogen-bond acceptors (Lipinski definition) is 2. The van der Waals surface area contributed by atoms with Crippen molar-refractivity contribution in [2.24, 2.45) is 0 Å². The minimum atomic E-state index is -0.950. The van der Waals surface area contributed by atoms with Crippen molar-refractivity contribution in [1.29, 1.82) is 0 Å². The van der Waals surface area contributed by atoms with Gasteiger partial charge in [-0.1, -0.05) is 6.08 Å². The number of carboxylic acids is 1. The predicted molar refractivity (Wildman–Crippen MR) is 44.7 cm³/mol. The Morgan fingerprint density at radius 1 is 1.42 bits per heavy atom. The zero-order chi connectivity index (χ0) is 9.40. The van der Waals surface area contributed by atoms with E-state index < -0.39 is 5.97 Å². The topological polar surface area (TPSA) is 66.4 Å². The molecule has 0 aromatic carbocycles. The summed E-state index contributed by atoms with van der Waals surface area (Å²) < 4.78 is 0. The van der Waals surface area contributed by atoms with E-state index in [2.05, 4.69) is 11.9 Å². The summed E-state index contributed by atoms with van der Waals surface area (Å²) in [6.07, 6.45) is 2.34. The molecule has 0 unspecified atom stereocenters. The summed E-state index contributed by atoms with van der Waals surface area (Å²) in [6.45, 7) is 4.02. The van der Waals surface area contributed by atoms with E-state index in [4.69, 9.17) is 5.11 Å². The van der Waals surface area contributed by atoms with E-state index in [0.717, 1.165) is 0 Å². The second kappa shape index (κ2) is 6.39. The molecule has 0 aliphatic rings. The highest BCUT2D eigenvalue weighted by Gasteiger charge is 2.03. The summed E-state index contributed by atoms with van der Waals surface area (Å²) in [5, 5.41) is 10.8. The molecule has 4 heteroatoms. The summed E-state index contributed by atoms with van der Waals surface area (Å²) in [5.74, 6) is -1.17. The van der Waals surface area contributed by atoms with Gasteiger partial charge in [-0.3, -0.25) is 9.59 Å². The molecule has 0 aromatic heterocycles. The van der Waals surface area contributed by atoms with Crippen molar-refractivity contribution in [3.8, 4) is 0 Å². The third-order valence-corrected chi connectivity index (χ3v) is 1.24. The Kier molecular flexibility index (Phi) is 5.69. The van der Waals surface area contributed by atoms with E-state index in [1.54, 1.807) is 6.08 Å². The van der Waals surface area contributed by atoms with Crippen molar-refractivity contribution in [2.45, 2.75) is 19.3 Å². The number of carbonyl (C=O) groups is 2. The standard InChI is InChI=1S/C8H13NO3/c1-2-3-6-9-7(10)4-5-8(11)12/h2H,1,3-6H2,(H,9,10)(H,11,12). The molecule has 0 spiro atoms. The number of carboxylic acid groups (broad SMARTS) is 1. The van der Waals surface area contributed by atoms with Gasteiger partial charge in [-0.15, -0.1) is 6.58 Å². The van der Waals surface area contributed by atoms with Crippen LogP contribution in [0.4, 0.5) is 0 Å². The fourth-order valence-corrected chi connectivity index (χ4v) is 0.623. The van der Waals surface area contributed by atoms with Crippen molar-refractivity contribution in [2.75, 3.05) is 6.54 Å². The second-order valence-electron chi connectivity index (χ2n) is 2.32. The first-order chi connectivity index (χ1) is 5.66. The van der Waals surface area contributed by atoms with Crippen LogP contribution >= 0.6 is 0 Å². The van der Waals surface area contributed by atoms with Crippen LogP contribution in [0, 0.1) is 0 Å². The highest BCUT2D eigenvalue weighted by atomic mass is 16.4. The van der Waals surface area contributed by atoms with Gasteiger partial charge >= 0.3 is 5.97 Å². The molecule has 0 saturated heterocycles. The van der Waals surface area contributed by atoms with Gasteiger partial charge in [0, 0.05) is 13.0 Å². The van der Waals surface area contributed by atoms with Gasteiger partial charge in [0.2, 0.25) is 5.91 Å². The Bertz CT molecular complexity index is 177. The minimum absolute atomic E-state index is 0.0481. The molecular weight excluding hydrogens is 158 g/mol. The van der Waals surface area contributed by atoms with Crippen LogP contribution in [0.5, 0.6) is 0 Å². The molecule has 0 bridgehead atoms. The molecule has 12 heavy (non-hydrogen) atoms. The maximum atomic E-state index is 10.8. The molecule has 4 nitrogen and oxygen atoms in total. The zero-order valence-electron chi connectivity index (χ0n) is 6.88. The Labute approximate surface area is 71.3 Å². The SMILES string of the molecule is C=CCCNC(=O)CCC(=O)O. The van der Waals surface area contributed by atoms with Crippen molar-refractivity contribution in [3.05, 3.63) is 12.7 Å². The van der Waals surface area contributed by atoms with E-state index >= 15 is 0 Å². The lowest BCUT2D eigenvalue weighted by Crippen LogP contribution is -2.24. The number of aliphatic carboxylic acids is 1. The number of amides is 1. The van der Waals surface area contributed by atoms with Crippen LogP contribution in [0.25, 0.3) is 0 Å². The van der Waals surface area contributed by atoms with Gasteiger partial charge in [-0.05, 0) is 6.42 Å². The van der Waals surface area contributed by atoms with Crippen LogP contribution in [-0.4, -0.2) is 23.5 Å². The van der Waals surface area contributed by atoms with Crippen LogP contribution in [0.1, 0.15) is 19.3 Å². The van der Waals surface area contributed by atoms with E-state index in [9.17, 15) is 9.59 Å². The predicted octanol–water partition coefficient (Wildman–Crippen LogP) is 0.544. The first kappa shape index (κ1) is 10.7. The molecular formula is C8H13NO3. The molecule has 0 rings (SSSR count). The largest absolute Gasteiger partial charge is 0.481 e. The molecule has 0 fully saturated rings. The lowest BCUT2D eigenvalue weighted by atomic mass is 10.3. The maximum absolute atomic E-state index is 10.8. The van der Waals surface area contributed by atoms with Crippen molar-refractivity contribution in [3.63, 3.8) is 0 Å². The molecule has 0 heterocycles. The zero-order valence-corrected chi connectivity index (χ0v) is 6.88. The van der Waals surface area contributed by atoms with Crippen LogP contribution in [0.2, 0.25) is 0 Å². The summed E-state index contributed by atoms with van der Waals surface area (Å²) in [6, 6.07) is 0. The van der Waals surface area contributed by atoms with E-state index in [1.165, 1.54) is 0 Å². The second-order valence-corrected chi connectivity index (χ2v) is 2.32. The van der Waals surface area contributed by atoms with Crippen LogP contribution in [0.15, 0.2) is 12.7 Å². The van der Waals surface area contributed by atoms with Crippen LogP contribution in [0.3, 0.4) is 0 Å². The number of hydrogen-bond donors (Lipinski definition) is 2. The Morgan fingerprint density at radius 3 is 2.58 bits per heavy atom. The lowest BCUT2D eigenvalue weighted by Gasteiger charge is -2.00. The fraction of sp³-hybridized carbons (Fsp3) is 0.500. The van der Waals surface area contributed by atoms with Crippen molar-refractivity contribution in [1.82, 2.24) is 5.32 Å². The first-order valence-corrected chi connectivity index (χ1v) is 3.76. The van der Waals surface area contributed by atoms with E-state index in [1.807, 2.05) is 0 Å². The lowest BCUT2D eigenvalue weighted by molar-refractivity contribution is -0.138. The molecule has 68 valence electrons. The van der Waals surface area contributed by atoms with Crippen LogP contribution < -0.4 is 5.32 Å². The summed E-state index contributed by atoms with van der Waals surface area (Å²) >= 11 is 0. The molecule has 1 amide bonds. The number of nitrogens with one attached hydrogen (secondary N) is 1. The third kappa shape index (κ3) is 6.80. The van der Waals surface area contributed by atoms with Gasteiger partial charge in [0.15, 0.2) is 0 Å². The number of carbonyl (C=O) groups excluding carboxylic acids is 1. The highest BCUT2D eigenvalue weighted by molar-refractivity contribution is 5.80. The molecule has 0 aliphatic heterocycles. The third-order valence-electron chi connectivity index (χ3n) is 1.24. The Morgan fingerprint density at radius 2 is 2.08 bits per heavy atom. The molecule has 0 atom stereocenters. The summed E-state index contributed by atoms with van der Waals surface area (Å²) in [7, 11) is 0. The smallest absolute Gasteiger partial charge is 0.303 e. The highest BCUT2D eigenvalue weighted by Crippen LogP contribution is 1.88. The maximum Gasteiger partial charge on any atom is 0.303 e. The summed E-state index contributed by atoms with van der Waals surface area (Å²) in [5.41, 5.74) is 0. The number of rotatable bonds is 6. The van der Waals surface area contributed by atoms with Crippen molar-refractivity contribution >= 4 is 11.9 Å². The van der Waals surface area contributed by atoms with Gasteiger partial charge in [0.25, 0.3) is 0 Å². The quantitative estimate of drug-likeness (QED) is 0.453. The van der Waals surface area contributed by atoms with Gasteiger partial charge in [0.05, 0.1) is 6.42 Å². The average Bonchev–Trinajstić information content (AvgIpc) is 2.01. The van der Waals surface area contributed by atoms with Gasteiger partial charge in [-0.2, -0.15) is 0 Å². The monoisotopic (exact) mass is 171 g/mol. The van der Waals surface area contributed by atoms with E-state index in [-0.39, 0.29) is 18.7 Å². The normalized spacial score (nSPS) is 9.00. The van der Waals surface area contributed by atoms with Crippen molar-refractivity contribution < 1.29 is 14.7 Å². The molecule has 2 N–H and O–H groups in total. The summed E-state index contributed by atoms with van der Waals surface area (Å²) in [4.78, 5) is 20.9. The first-order valence-electron chi connectivity index (χ1n) is 3.76. The Balaban J connectivity index is 3.33.